The van der Waals surface area contributed by atoms with E-state index >= 15 is 0 Å². The molecule has 6 heteroatoms. The fraction of sp³-hybridized carbons (Fsp3) is 0.389. The van der Waals surface area contributed by atoms with Crippen LogP contribution < -0.4 is 4.90 Å². The van der Waals surface area contributed by atoms with Crippen LogP contribution in [0.2, 0.25) is 0 Å². The molecule has 1 aliphatic heterocycles. The summed E-state index contributed by atoms with van der Waals surface area (Å²) in [7, 11) is 0. The molecule has 0 saturated heterocycles. The van der Waals surface area contributed by atoms with Crippen LogP contribution in [0.4, 0.5) is 5.69 Å². The number of benzene rings is 1. The lowest BCUT2D eigenvalue weighted by Crippen LogP contribution is -2.37. The lowest BCUT2D eigenvalue weighted by molar-refractivity contribution is -0.123. The molecule has 1 aromatic heterocycles. The topological polar surface area (TPSA) is 54.8 Å². The molecule has 24 heavy (non-hydrogen) atoms. The number of oxime groups is 1. The third kappa shape index (κ3) is 3.48. The lowest BCUT2D eigenvalue weighted by atomic mass is 10.0. The standard InChI is InChI=1S/C18H21N3O2S/c1-12-18(24-14(3)19-12)13(2)20-23-11-17(22)21-10-6-8-15-7-4-5-9-16(15)21/h4-5,7,9H,6,8,10-11H2,1-3H3. The minimum absolute atomic E-state index is 0.0531. The summed E-state index contributed by atoms with van der Waals surface area (Å²) in [6.45, 7) is 6.47. The van der Waals surface area contributed by atoms with Gasteiger partial charge in [0, 0.05) is 12.2 Å². The first kappa shape index (κ1) is 16.6. The number of carbonyl (C=O) groups is 1. The molecule has 126 valence electrons. The van der Waals surface area contributed by atoms with Gasteiger partial charge in [0.25, 0.3) is 5.91 Å². The van der Waals surface area contributed by atoms with Crippen LogP contribution in [0.1, 0.15) is 34.5 Å². The molecule has 0 radical (unpaired) electrons. The van der Waals surface area contributed by atoms with Crippen LogP contribution >= 0.6 is 11.3 Å². The smallest absolute Gasteiger partial charge is 0.267 e. The maximum absolute atomic E-state index is 12.5. The molecule has 0 atom stereocenters. The number of fused-ring (bicyclic) bond motifs is 1. The number of amides is 1. The number of hydrogen-bond donors (Lipinski definition) is 0. The molecule has 3 rings (SSSR count). The summed E-state index contributed by atoms with van der Waals surface area (Å²) in [4.78, 5) is 25.0. The van der Waals surface area contributed by atoms with E-state index in [0.717, 1.165) is 46.4 Å². The Kier molecular flexibility index (Phi) is 4.94. The quantitative estimate of drug-likeness (QED) is 0.631. The van der Waals surface area contributed by atoms with Gasteiger partial charge in [-0.2, -0.15) is 0 Å². The van der Waals surface area contributed by atoms with E-state index in [1.807, 2.05) is 39.0 Å². The van der Waals surface area contributed by atoms with Crippen LogP contribution in [-0.2, 0) is 16.1 Å². The van der Waals surface area contributed by atoms with Crippen molar-refractivity contribution in [1.82, 2.24) is 4.98 Å². The molecule has 0 bridgehead atoms. The zero-order valence-corrected chi connectivity index (χ0v) is 15.0. The fourth-order valence-electron chi connectivity index (χ4n) is 2.96. The van der Waals surface area contributed by atoms with E-state index < -0.39 is 0 Å². The van der Waals surface area contributed by atoms with Gasteiger partial charge < -0.3 is 9.74 Å². The van der Waals surface area contributed by atoms with Crippen molar-refractivity contribution in [2.75, 3.05) is 18.1 Å². The van der Waals surface area contributed by atoms with Crippen LogP contribution in [0.15, 0.2) is 29.4 Å². The average Bonchev–Trinajstić information content (AvgIpc) is 2.92. The maximum Gasteiger partial charge on any atom is 0.267 e. The molecular weight excluding hydrogens is 322 g/mol. The summed E-state index contributed by atoms with van der Waals surface area (Å²) in [5.74, 6) is -0.0593. The van der Waals surface area contributed by atoms with Crippen molar-refractivity contribution in [2.45, 2.75) is 33.6 Å². The second-order valence-electron chi connectivity index (χ2n) is 5.88. The van der Waals surface area contributed by atoms with Crippen molar-refractivity contribution in [3.8, 4) is 0 Å². The SMILES string of the molecule is CC(=NOCC(=O)N1CCCc2ccccc21)c1sc(C)nc1C. The molecular formula is C18H21N3O2S. The zero-order chi connectivity index (χ0) is 17.1. The maximum atomic E-state index is 12.5. The van der Waals surface area contributed by atoms with Gasteiger partial charge in [-0.3, -0.25) is 4.79 Å². The largest absolute Gasteiger partial charge is 0.385 e. The second kappa shape index (κ2) is 7.13. The van der Waals surface area contributed by atoms with Crippen LogP contribution in [0.3, 0.4) is 0 Å². The summed E-state index contributed by atoms with van der Waals surface area (Å²) in [6.07, 6.45) is 1.99. The number of hydrogen-bond acceptors (Lipinski definition) is 5. The molecule has 0 fully saturated rings. The van der Waals surface area contributed by atoms with Crippen molar-refractivity contribution in [2.24, 2.45) is 5.16 Å². The Hall–Kier alpha value is -2.21. The number of para-hydroxylation sites is 1. The molecule has 0 spiro atoms. The lowest BCUT2D eigenvalue weighted by Gasteiger charge is -2.29. The highest BCUT2D eigenvalue weighted by Gasteiger charge is 2.22. The van der Waals surface area contributed by atoms with Gasteiger partial charge in [-0.25, -0.2) is 4.98 Å². The number of aryl methyl sites for hydroxylation is 3. The highest BCUT2D eigenvalue weighted by Crippen LogP contribution is 2.26. The number of nitrogens with zero attached hydrogens (tertiary/aromatic N) is 3. The van der Waals surface area contributed by atoms with Gasteiger partial charge in [-0.15, -0.1) is 11.3 Å². The van der Waals surface area contributed by atoms with Gasteiger partial charge >= 0.3 is 0 Å². The van der Waals surface area contributed by atoms with Crippen molar-refractivity contribution in [1.29, 1.82) is 0 Å². The summed E-state index contributed by atoms with van der Waals surface area (Å²) >= 11 is 1.58. The molecule has 0 saturated carbocycles. The van der Waals surface area contributed by atoms with Gasteiger partial charge in [0.2, 0.25) is 0 Å². The summed E-state index contributed by atoms with van der Waals surface area (Å²) in [5.41, 5.74) is 3.91. The van der Waals surface area contributed by atoms with Crippen LogP contribution in [0.5, 0.6) is 0 Å². The Bertz CT molecular complexity index is 782. The summed E-state index contributed by atoms with van der Waals surface area (Å²) in [5, 5.41) is 5.10. The number of aromatic nitrogens is 1. The zero-order valence-electron chi connectivity index (χ0n) is 14.2. The van der Waals surface area contributed by atoms with Crippen molar-refractivity contribution in [3.05, 3.63) is 45.4 Å². The van der Waals surface area contributed by atoms with Gasteiger partial charge in [-0.05, 0) is 45.2 Å². The molecule has 2 heterocycles. The van der Waals surface area contributed by atoms with E-state index in [9.17, 15) is 4.79 Å². The Morgan fingerprint density at radius 2 is 2.17 bits per heavy atom. The van der Waals surface area contributed by atoms with Gasteiger partial charge in [0.1, 0.15) is 0 Å². The second-order valence-corrected chi connectivity index (χ2v) is 7.08. The van der Waals surface area contributed by atoms with Gasteiger partial charge in [0.05, 0.1) is 21.3 Å². The summed E-state index contributed by atoms with van der Waals surface area (Å²) < 4.78 is 0. The first-order valence-electron chi connectivity index (χ1n) is 8.05. The third-order valence-electron chi connectivity index (χ3n) is 4.03. The van der Waals surface area contributed by atoms with Crippen molar-refractivity contribution < 1.29 is 9.63 Å². The van der Waals surface area contributed by atoms with E-state index in [1.54, 1.807) is 16.2 Å². The minimum Gasteiger partial charge on any atom is -0.385 e. The molecule has 1 amide bonds. The van der Waals surface area contributed by atoms with Gasteiger partial charge in [0.15, 0.2) is 6.61 Å². The number of thiazole rings is 1. The average molecular weight is 343 g/mol. The van der Waals surface area contributed by atoms with Crippen LogP contribution in [-0.4, -0.2) is 29.8 Å². The van der Waals surface area contributed by atoms with E-state index in [-0.39, 0.29) is 12.5 Å². The number of rotatable bonds is 4. The molecule has 2 aromatic rings. The van der Waals surface area contributed by atoms with Crippen LogP contribution in [0, 0.1) is 13.8 Å². The first-order valence-corrected chi connectivity index (χ1v) is 8.87. The first-order chi connectivity index (χ1) is 11.6. The molecule has 0 aliphatic carbocycles. The third-order valence-corrected chi connectivity index (χ3v) is 5.21. The normalized spacial score (nSPS) is 14.5. The fourth-order valence-corrected chi connectivity index (χ4v) is 3.82. The van der Waals surface area contributed by atoms with Gasteiger partial charge in [-0.1, -0.05) is 23.4 Å². The van der Waals surface area contributed by atoms with Crippen LogP contribution in [0.25, 0.3) is 0 Å². The molecule has 5 nitrogen and oxygen atoms in total. The van der Waals surface area contributed by atoms with E-state index in [1.165, 1.54) is 5.56 Å². The van der Waals surface area contributed by atoms with E-state index in [0.29, 0.717) is 0 Å². The Balaban J connectivity index is 1.64. The molecule has 1 aliphatic rings. The number of carbonyl (C=O) groups excluding carboxylic acids is 1. The molecule has 0 N–H and O–H groups in total. The van der Waals surface area contributed by atoms with Crippen molar-refractivity contribution >= 4 is 28.6 Å². The van der Waals surface area contributed by atoms with Crippen molar-refractivity contribution in [3.63, 3.8) is 0 Å². The Morgan fingerprint density at radius 3 is 2.92 bits per heavy atom. The minimum atomic E-state index is -0.0593. The Morgan fingerprint density at radius 1 is 1.38 bits per heavy atom. The Labute approximate surface area is 146 Å². The predicted molar refractivity (Wildman–Crippen MR) is 96.9 cm³/mol. The highest BCUT2D eigenvalue weighted by molar-refractivity contribution is 7.13. The summed E-state index contributed by atoms with van der Waals surface area (Å²) in [6, 6.07) is 8.04. The van der Waals surface area contributed by atoms with E-state index in [4.69, 9.17) is 4.84 Å². The molecule has 0 unspecified atom stereocenters. The highest BCUT2D eigenvalue weighted by atomic mass is 32.1. The van der Waals surface area contributed by atoms with E-state index in [2.05, 4.69) is 16.2 Å². The number of anilines is 1. The molecule has 1 aromatic carbocycles. The predicted octanol–water partition coefficient (Wildman–Crippen LogP) is 3.48. The monoisotopic (exact) mass is 343 g/mol.